The zero-order valence-corrected chi connectivity index (χ0v) is 9.62. The number of nitrogens with zero attached hydrogens (tertiary/aromatic N) is 2. The van der Waals surface area contributed by atoms with Gasteiger partial charge >= 0.3 is 0 Å². The van der Waals surface area contributed by atoms with Gasteiger partial charge in [-0.3, -0.25) is 0 Å². The third kappa shape index (κ3) is 3.47. The van der Waals surface area contributed by atoms with Crippen LogP contribution in [0.15, 0.2) is 6.07 Å². The molecule has 15 heavy (non-hydrogen) atoms. The summed E-state index contributed by atoms with van der Waals surface area (Å²) >= 11 is 0. The minimum atomic E-state index is 0.0732. The molecule has 0 aliphatic carbocycles. The summed E-state index contributed by atoms with van der Waals surface area (Å²) in [5.74, 6) is 1.57. The van der Waals surface area contributed by atoms with Crippen molar-refractivity contribution >= 4 is 5.82 Å². The Morgan fingerprint density at radius 2 is 2.13 bits per heavy atom. The van der Waals surface area contributed by atoms with Crippen molar-refractivity contribution in [3.63, 3.8) is 0 Å². The lowest BCUT2D eigenvalue weighted by Gasteiger charge is -2.15. The number of anilines is 1. The number of nitrogens with one attached hydrogen (secondary N) is 1. The highest BCUT2D eigenvalue weighted by molar-refractivity contribution is 5.37. The third-order valence-corrected chi connectivity index (χ3v) is 2.32. The van der Waals surface area contributed by atoms with Gasteiger partial charge in [0.15, 0.2) is 0 Å². The summed E-state index contributed by atoms with van der Waals surface area (Å²) in [6.07, 6.45) is 1.77. The van der Waals surface area contributed by atoms with E-state index in [0.717, 1.165) is 30.2 Å². The van der Waals surface area contributed by atoms with E-state index >= 15 is 0 Å². The number of aryl methyl sites for hydroxylation is 2. The van der Waals surface area contributed by atoms with Crippen LogP contribution >= 0.6 is 0 Å². The Kier molecular flexibility index (Phi) is 4.49. The molecule has 0 aliphatic heterocycles. The van der Waals surface area contributed by atoms with Crippen LogP contribution in [0, 0.1) is 6.92 Å². The molecule has 1 rings (SSSR count). The van der Waals surface area contributed by atoms with Crippen LogP contribution in [0.3, 0.4) is 0 Å². The Morgan fingerprint density at radius 1 is 1.40 bits per heavy atom. The molecule has 0 aliphatic rings. The van der Waals surface area contributed by atoms with E-state index in [1.807, 2.05) is 19.9 Å². The monoisotopic (exact) mass is 209 g/mol. The quantitative estimate of drug-likeness (QED) is 0.772. The topological polar surface area (TPSA) is 58.0 Å². The summed E-state index contributed by atoms with van der Waals surface area (Å²) in [7, 11) is 0. The van der Waals surface area contributed by atoms with Crippen LogP contribution in [-0.4, -0.2) is 27.7 Å². The van der Waals surface area contributed by atoms with Gasteiger partial charge < -0.3 is 10.4 Å². The van der Waals surface area contributed by atoms with E-state index in [2.05, 4.69) is 22.2 Å². The van der Waals surface area contributed by atoms with E-state index < -0.39 is 0 Å². The summed E-state index contributed by atoms with van der Waals surface area (Å²) < 4.78 is 0. The first-order valence-electron chi connectivity index (χ1n) is 5.41. The van der Waals surface area contributed by atoms with Crippen LogP contribution in [-0.2, 0) is 6.42 Å². The first-order valence-corrected chi connectivity index (χ1v) is 5.41. The second-order valence-electron chi connectivity index (χ2n) is 3.58. The molecule has 84 valence electrons. The number of rotatable bonds is 5. The zero-order chi connectivity index (χ0) is 11.3. The lowest BCUT2D eigenvalue weighted by atomic mass is 10.2. The second-order valence-corrected chi connectivity index (χ2v) is 3.58. The van der Waals surface area contributed by atoms with E-state index in [4.69, 9.17) is 5.11 Å². The molecule has 1 aromatic rings. The highest BCUT2D eigenvalue weighted by atomic mass is 16.3. The van der Waals surface area contributed by atoms with Gasteiger partial charge in [0, 0.05) is 11.8 Å². The molecule has 0 fully saturated rings. The number of hydrogen-bond acceptors (Lipinski definition) is 4. The number of aliphatic hydroxyl groups is 1. The van der Waals surface area contributed by atoms with Crippen molar-refractivity contribution in [1.82, 2.24) is 9.97 Å². The molecule has 4 nitrogen and oxygen atoms in total. The molecule has 0 spiro atoms. The molecular formula is C11H19N3O. The molecule has 0 amide bonds. The van der Waals surface area contributed by atoms with Gasteiger partial charge in [0.05, 0.1) is 12.6 Å². The minimum Gasteiger partial charge on any atom is -0.394 e. The largest absolute Gasteiger partial charge is 0.394 e. The highest BCUT2D eigenvalue weighted by Crippen LogP contribution is 2.09. The van der Waals surface area contributed by atoms with Gasteiger partial charge in [-0.05, 0) is 19.8 Å². The van der Waals surface area contributed by atoms with Crippen molar-refractivity contribution in [3.05, 3.63) is 17.6 Å². The average Bonchev–Trinajstić information content (AvgIpc) is 2.25. The van der Waals surface area contributed by atoms with E-state index in [9.17, 15) is 0 Å². The summed E-state index contributed by atoms with van der Waals surface area (Å²) in [5.41, 5.74) is 1.03. The van der Waals surface area contributed by atoms with Crippen molar-refractivity contribution in [2.24, 2.45) is 0 Å². The molecule has 0 aromatic carbocycles. The first kappa shape index (κ1) is 11.9. The predicted molar refractivity (Wildman–Crippen MR) is 60.9 cm³/mol. The Balaban J connectivity index is 2.79. The lowest BCUT2D eigenvalue weighted by molar-refractivity contribution is 0.271. The maximum absolute atomic E-state index is 9.08. The standard InChI is InChI=1S/C11H19N3O/c1-4-9-6-11(13-8(3)12-9)14-10(5-2)7-15/h6,10,15H,4-5,7H2,1-3H3,(H,12,13,14)/t10-/m1/s1. The summed E-state index contributed by atoms with van der Waals surface area (Å²) in [5, 5.41) is 12.3. The van der Waals surface area contributed by atoms with Gasteiger partial charge in [0.1, 0.15) is 11.6 Å². The molecule has 0 unspecified atom stereocenters. The highest BCUT2D eigenvalue weighted by Gasteiger charge is 2.06. The van der Waals surface area contributed by atoms with Gasteiger partial charge in [0.2, 0.25) is 0 Å². The Labute approximate surface area is 90.8 Å². The van der Waals surface area contributed by atoms with Gasteiger partial charge in [-0.15, -0.1) is 0 Å². The molecule has 0 saturated carbocycles. The normalized spacial score (nSPS) is 12.5. The molecule has 1 atom stereocenters. The van der Waals surface area contributed by atoms with Crippen molar-refractivity contribution in [2.75, 3.05) is 11.9 Å². The fourth-order valence-electron chi connectivity index (χ4n) is 1.37. The summed E-state index contributed by atoms with van der Waals surface area (Å²) in [6, 6.07) is 2.01. The second kappa shape index (κ2) is 5.66. The molecule has 1 aromatic heterocycles. The molecule has 0 radical (unpaired) electrons. The summed E-state index contributed by atoms with van der Waals surface area (Å²) in [4.78, 5) is 8.58. The Bertz CT molecular complexity index is 311. The SMILES string of the molecule is CCc1cc(N[C@H](CC)CO)nc(C)n1. The fraction of sp³-hybridized carbons (Fsp3) is 0.636. The molecule has 4 heteroatoms. The van der Waals surface area contributed by atoms with Crippen LogP contribution in [0.1, 0.15) is 31.8 Å². The van der Waals surface area contributed by atoms with Crippen LogP contribution < -0.4 is 5.32 Å². The van der Waals surface area contributed by atoms with Crippen molar-refractivity contribution < 1.29 is 5.11 Å². The van der Waals surface area contributed by atoms with Crippen molar-refractivity contribution in [2.45, 2.75) is 39.7 Å². The van der Waals surface area contributed by atoms with Crippen molar-refractivity contribution in [3.8, 4) is 0 Å². The fourth-order valence-corrected chi connectivity index (χ4v) is 1.37. The molecule has 0 saturated heterocycles. The van der Waals surface area contributed by atoms with E-state index in [-0.39, 0.29) is 12.6 Å². The van der Waals surface area contributed by atoms with Crippen LogP contribution in [0.5, 0.6) is 0 Å². The predicted octanol–water partition coefficient (Wildman–Crippen LogP) is 1.53. The Hall–Kier alpha value is -1.16. The van der Waals surface area contributed by atoms with Crippen LogP contribution in [0.25, 0.3) is 0 Å². The molecular weight excluding hydrogens is 190 g/mol. The number of aliphatic hydroxyl groups excluding tert-OH is 1. The lowest BCUT2D eigenvalue weighted by Crippen LogP contribution is -2.23. The van der Waals surface area contributed by atoms with Gasteiger partial charge in [-0.1, -0.05) is 13.8 Å². The van der Waals surface area contributed by atoms with E-state index in [1.54, 1.807) is 0 Å². The number of aromatic nitrogens is 2. The maximum atomic E-state index is 9.08. The Morgan fingerprint density at radius 3 is 2.67 bits per heavy atom. The van der Waals surface area contributed by atoms with E-state index in [1.165, 1.54) is 0 Å². The van der Waals surface area contributed by atoms with Crippen molar-refractivity contribution in [1.29, 1.82) is 0 Å². The smallest absolute Gasteiger partial charge is 0.130 e. The minimum absolute atomic E-state index is 0.0732. The van der Waals surface area contributed by atoms with Gasteiger partial charge in [0.25, 0.3) is 0 Å². The number of hydrogen-bond donors (Lipinski definition) is 2. The van der Waals surface area contributed by atoms with E-state index in [0.29, 0.717) is 0 Å². The van der Waals surface area contributed by atoms with Gasteiger partial charge in [-0.25, -0.2) is 9.97 Å². The molecule has 1 heterocycles. The summed E-state index contributed by atoms with van der Waals surface area (Å²) in [6.45, 7) is 6.10. The van der Waals surface area contributed by atoms with Crippen LogP contribution in [0.2, 0.25) is 0 Å². The maximum Gasteiger partial charge on any atom is 0.130 e. The van der Waals surface area contributed by atoms with Crippen LogP contribution in [0.4, 0.5) is 5.82 Å². The molecule has 0 bridgehead atoms. The zero-order valence-electron chi connectivity index (χ0n) is 9.62. The average molecular weight is 209 g/mol. The molecule has 2 N–H and O–H groups in total. The first-order chi connectivity index (χ1) is 7.19. The van der Waals surface area contributed by atoms with Gasteiger partial charge in [-0.2, -0.15) is 0 Å². The third-order valence-electron chi connectivity index (χ3n) is 2.32.